The van der Waals surface area contributed by atoms with Gasteiger partial charge in [-0.25, -0.2) is 9.37 Å². The van der Waals surface area contributed by atoms with Crippen molar-refractivity contribution in [2.24, 2.45) is 0 Å². The van der Waals surface area contributed by atoms with E-state index in [4.69, 9.17) is 4.74 Å². The molecule has 1 amide bonds. The number of rotatable bonds is 9. The summed E-state index contributed by atoms with van der Waals surface area (Å²) in [5, 5.41) is 11.8. The van der Waals surface area contributed by atoms with Gasteiger partial charge in [0.15, 0.2) is 5.76 Å². The van der Waals surface area contributed by atoms with Gasteiger partial charge < -0.3 is 14.7 Å². The van der Waals surface area contributed by atoms with Gasteiger partial charge in [0.1, 0.15) is 16.6 Å². The molecule has 4 aromatic rings. The first-order chi connectivity index (χ1) is 19.2. The number of hydrogen-bond acceptors (Lipinski definition) is 6. The summed E-state index contributed by atoms with van der Waals surface area (Å²) in [4.78, 5) is 33.9. The van der Waals surface area contributed by atoms with Crippen LogP contribution in [0, 0.1) is 12.7 Å². The molecule has 1 N–H and O–H groups in total. The van der Waals surface area contributed by atoms with E-state index in [2.05, 4.69) is 4.98 Å². The van der Waals surface area contributed by atoms with Crippen LogP contribution in [0.15, 0.2) is 90.2 Å². The second kappa shape index (κ2) is 11.4. The average molecular weight is 557 g/mol. The molecule has 1 atom stereocenters. The molecule has 0 radical (unpaired) electrons. The Labute approximate surface area is 236 Å². The molecule has 0 fully saturated rings. The van der Waals surface area contributed by atoms with Crippen LogP contribution in [0.5, 0.6) is 5.75 Å². The van der Waals surface area contributed by atoms with E-state index in [9.17, 15) is 19.1 Å². The Hall–Kier alpha value is -4.30. The summed E-state index contributed by atoms with van der Waals surface area (Å²) >= 11 is 1.24. The smallest absolute Gasteiger partial charge is 0.290 e. The van der Waals surface area contributed by atoms with Gasteiger partial charge in [0.25, 0.3) is 5.91 Å². The van der Waals surface area contributed by atoms with Crippen molar-refractivity contribution >= 4 is 23.0 Å². The number of hydrogen-bond donors (Lipinski definition) is 1. The lowest BCUT2D eigenvalue weighted by Crippen LogP contribution is -2.33. The fraction of sp³-hybridized carbons (Fsp3) is 0.219. The first-order valence-corrected chi connectivity index (χ1v) is 13.9. The summed E-state index contributed by atoms with van der Waals surface area (Å²) in [6.45, 7) is 5.83. The SMILES string of the molecule is Cc1nc(-c2ccccc2)sc1C(=O)C1=C(O)C(=O)N(CCc2ccc(F)cc2)C1c1ccc(OC(C)C)cc1. The van der Waals surface area contributed by atoms with Crippen molar-refractivity contribution in [1.29, 1.82) is 0 Å². The van der Waals surface area contributed by atoms with Gasteiger partial charge in [-0.15, -0.1) is 11.3 Å². The highest BCUT2D eigenvalue weighted by Gasteiger charge is 2.44. The van der Waals surface area contributed by atoms with Crippen LogP contribution in [0.4, 0.5) is 4.39 Å². The summed E-state index contributed by atoms with van der Waals surface area (Å²) in [7, 11) is 0. The zero-order valence-corrected chi connectivity index (χ0v) is 23.2. The number of thiazole rings is 1. The summed E-state index contributed by atoms with van der Waals surface area (Å²) in [6, 6.07) is 22.0. The summed E-state index contributed by atoms with van der Waals surface area (Å²) in [5.74, 6) is -1.30. The van der Waals surface area contributed by atoms with E-state index >= 15 is 0 Å². The molecule has 8 heteroatoms. The van der Waals surface area contributed by atoms with Gasteiger partial charge in [-0.2, -0.15) is 0 Å². The summed E-state index contributed by atoms with van der Waals surface area (Å²) in [5.41, 5.74) is 2.94. The van der Waals surface area contributed by atoms with Crippen LogP contribution < -0.4 is 4.74 Å². The highest BCUT2D eigenvalue weighted by molar-refractivity contribution is 7.17. The van der Waals surface area contributed by atoms with Crippen molar-refractivity contribution in [1.82, 2.24) is 9.88 Å². The van der Waals surface area contributed by atoms with E-state index in [0.717, 1.165) is 11.1 Å². The second-order valence-electron chi connectivity index (χ2n) is 9.90. The standard InChI is InChI=1S/C32H29FN2O4S/c1-19(2)39-25-15-11-22(12-16-25)27-26(28(36)30-20(3)34-31(40-30)23-7-5-4-6-8-23)29(37)32(38)35(27)18-17-21-9-13-24(33)14-10-21/h4-16,19,27,37H,17-18H2,1-3H3. The third-order valence-corrected chi connectivity index (χ3v) is 7.90. The number of aryl methyl sites for hydroxylation is 1. The van der Waals surface area contributed by atoms with Gasteiger partial charge in [0.05, 0.1) is 28.3 Å². The highest BCUT2D eigenvalue weighted by Crippen LogP contribution is 2.41. The van der Waals surface area contributed by atoms with Gasteiger partial charge in [-0.3, -0.25) is 9.59 Å². The minimum Gasteiger partial charge on any atom is -0.503 e. The molecule has 3 aromatic carbocycles. The summed E-state index contributed by atoms with van der Waals surface area (Å²) in [6.07, 6.45) is 0.407. The van der Waals surface area contributed by atoms with Crippen molar-refractivity contribution in [3.63, 3.8) is 0 Å². The van der Waals surface area contributed by atoms with Crippen LogP contribution in [0.3, 0.4) is 0 Å². The molecule has 0 saturated carbocycles. The van der Waals surface area contributed by atoms with Gasteiger partial charge >= 0.3 is 0 Å². The minimum absolute atomic E-state index is 0.0136. The molecule has 0 bridgehead atoms. The number of aliphatic hydroxyl groups excluding tert-OH is 1. The first-order valence-electron chi connectivity index (χ1n) is 13.1. The van der Waals surface area contributed by atoms with Crippen LogP contribution in [0.25, 0.3) is 10.6 Å². The molecular formula is C32H29FN2O4S. The molecule has 0 saturated heterocycles. The molecule has 0 spiro atoms. The van der Waals surface area contributed by atoms with E-state index in [-0.39, 0.29) is 24.0 Å². The van der Waals surface area contributed by atoms with Crippen LogP contribution >= 0.6 is 11.3 Å². The number of halogens is 1. The molecular weight excluding hydrogens is 527 g/mol. The third-order valence-electron chi connectivity index (χ3n) is 6.69. The molecule has 1 aliphatic rings. The largest absolute Gasteiger partial charge is 0.503 e. The normalized spacial score (nSPS) is 15.3. The number of aliphatic hydroxyl groups is 1. The zero-order valence-electron chi connectivity index (χ0n) is 22.4. The Bertz CT molecular complexity index is 1560. The number of carbonyl (C=O) groups is 2. The maximum atomic E-state index is 14.0. The van der Waals surface area contributed by atoms with Crippen LogP contribution in [-0.2, 0) is 11.2 Å². The number of ketones is 1. The van der Waals surface area contributed by atoms with Crippen molar-refractivity contribution < 1.29 is 23.8 Å². The Morgan fingerprint density at radius 2 is 1.73 bits per heavy atom. The lowest BCUT2D eigenvalue weighted by molar-refractivity contribution is -0.129. The third kappa shape index (κ3) is 5.53. The van der Waals surface area contributed by atoms with Gasteiger partial charge in [0.2, 0.25) is 5.78 Å². The predicted molar refractivity (Wildman–Crippen MR) is 153 cm³/mol. The minimum atomic E-state index is -0.810. The fourth-order valence-electron chi connectivity index (χ4n) is 4.80. The zero-order chi connectivity index (χ0) is 28.4. The second-order valence-corrected chi connectivity index (χ2v) is 10.9. The Kier molecular flexibility index (Phi) is 7.80. The highest BCUT2D eigenvalue weighted by atomic mass is 32.1. The van der Waals surface area contributed by atoms with E-state index in [1.165, 1.54) is 28.4 Å². The molecule has 1 aliphatic heterocycles. The van der Waals surface area contributed by atoms with Crippen molar-refractivity contribution in [2.45, 2.75) is 39.3 Å². The Morgan fingerprint density at radius 3 is 2.38 bits per heavy atom. The number of amides is 1. The number of ether oxygens (including phenoxy) is 1. The first kappa shape index (κ1) is 27.3. The van der Waals surface area contributed by atoms with Crippen molar-refractivity contribution in [3.8, 4) is 16.3 Å². The number of nitrogens with zero attached hydrogens (tertiary/aromatic N) is 2. The molecule has 204 valence electrons. The molecule has 2 heterocycles. The molecule has 1 aromatic heterocycles. The van der Waals surface area contributed by atoms with Crippen molar-refractivity contribution in [3.05, 3.63) is 118 Å². The van der Waals surface area contributed by atoms with E-state index in [0.29, 0.717) is 33.3 Å². The van der Waals surface area contributed by atoms with Crippen LogP contribution in [-0.4, -0.2) is 39.3 Å². The van der Waals surface area contributed by atoms with Crippen molar-refractivity contribution in [2.75, 3.05) is 6.54 Å². The molecule has 40 heavy (non-hydrogen) atoms. The number of Topliss-reactive ketones (excluding diaryl/α,β-unsaturated/α-hetero) is 1. The molecule has 5 rings (SSSR count). The maximum Gasteiger partial charge on any atom is 0.290 e. The molecule has 1 unspecified atom stereocenters. The van der Waals surface area contributed by atoms with Gasteiger partial charge in [0, 0.05) is 12.1 Å². The number of carbonyl (C=O) groups excluding carboxylic acids is 2. The Morgan fingerprint density at radius 1 is 1.05 bits per heavy atom. The van der Waals surface area contributed by atoms with Gasteiger partial charge in [-0.05, 0) is 62.6 Å². The Balaban J connectivity index is 1.51. The fourth-order valence-corrected chi connectivity index (χ4v) is 5.82. The number of aromatic nitrogens is 1. The molecule has 6 nitrogen and oxygen atoms in total. The van der Waals surface area contributed by atoms with Crippen LogP contribution in [0.2, 0.25) is 0 Å². The van der Waals surface area contributed by atoms with E-state index in [1.807, 2.05) is 44.2 Å². The monoisotopic (exact) mass is 556 g/mol. The lowest BCUT2D eigenvalue weighted by Gasteiger charge is -2.27. The predicted octanol–water partition coefficient (Wildman–Crippen LogP) is 6.87. The number of benzene rings is 3. The molecule has 0 aliphatic carbocycles. The topological polar surface area (TPSA) is 79.7 Å². The maximum absolute atomic E-state index is 14.0. The van der Waals surface area contributed by atoms with Crippen LogP contribution in [0.1, 0.15) is 46.4 Å². The van der Waals surface area contributed by atoms with E-state index < -0.39 is 23.5 Å². The lowest BCUT2D eigenvalue weighted by atomic mass is 9.94. The summed E-state index contributed by atoms with van der Waals surface area (Å²) < 4.78 is 19.2. The average Bonchev–Trinajstić information content (AvgIpc) is 3.46. The van der Waals surface area contributed by atoms with Gasteiger partial charge in [-0.1, -0.05) is 54.6 Å². The quantitative estimate of drug-likeness (QED) is 0.228. The van der Waals surface area contributed by atoms with E-state index in [1.54, 1.807) is 43.3 Å².